The van der Waals surface area contributed by atoms with Gasteiger partial charge in [0.05, 0.1) is 27.8 Å². The maximum atomic E-state index is 13.6. The van der Waals surface area contributed by atoms with Gasteiger partial charge in [0.1, 0.15) is 0 Å². The van der Waals surface area contributed by atoms with Crippen LogP contribution in [0.1, 0.15) is 51.4 Å². The number of fused-ring (bicyclic) bond motifs is 7. The number of nitrogens with one attached hydrogen (secondary N) is 1. The van der Waals surface area contributed by atoms with Gasteiger partial charge in [-0.3, -0.25) is 4.79 Å². The molecule has 0 radical (unpaired) electrons. The second-order valence-electron chi connectivity index (χ2n) is 9.08. The van der Waals surface area contributed by atoms with Gasteiger partial charge >= 0.3 is 0 Å². The van der Waals surface area contributed by atoms with E-state index >= 15 is 0 Å². The molecule has 5 rings (SSSR count). The monoisotopic (exact) mass is 397 g/mol. The Labute approximate surface area is 170 Å². The molecule has 1 N–H and O–H groups in total. The highest BCUT2D eigenvalue weighted by molar-refractivity contribution is 5.93. The Hall–Kier alpha value is -2.41. The molecule has 29 heavy (non-hydrogen) atoms. The predicted molar refractivity (Wildman–Crippen MR) is 107 cm³/mol. The van der Waals surface area contributed by atoms with Gasteiger partial charge in [-0.15, -0.1) is 0 Å². The fourth-order valence-corrected chi connectivity index (χ4v) is 5.57. The van der Waals surface area contributed by atoms with Crippen LogP contribution in [0.2, 0.25) is 0 Å². The van der Waals surface area contributed by atoms with E-state index in [9.17, 15) is 4.79 Å². The van der Waals surface area contributed by atoms with Gasteiger partial charge in [0, 0.05) is 37.8 Å². The quantitative estimate of drug-likeness (QED) is 0.782. The first-order valence-corrected chi connectivity index (χ1v) is 10.2. The third-order valence-corrected chi connectivity index (χ3v) is 7.73. The van der Waals surface area contributed by atoms with Crippen LogP contribution in [0, 0.1) is 5.41 Å². The van der Waals surface area contributed by atoms with E-state index in [1.54, 1.807) is 7.11 Å². The lowest BCUT2D eigenvalue weighted by Crippen LogP contribution is -2.51. The molecule has 2 unspecified atom stereocenters. The minimum Gasteiger partial charge on any atom is -0.454 e. The van der Waals surface area contributed by atoms with E-state index in [2.05, 4.69) is 26.1 Å². The van der Waals surface area contributed by atoms with Crippen molar-refractivity contribution in [1.82, 2.24) is 15.3 Å². The number of methoxy groups -OCH3 is 1. The first-order chi connectivity index (χ1) is 13.8. The summed E-state index contributed by atoms with van der Waals surface area (Å²) in [5, 5.41) is 3.15. The normalized spacial score (nSPS) is 28.0. The molecule has 2 aromatic rings. The van der Waals surface area contributed by atoms with Crippen LogP contribution in [0.4, 0.5) is 0 Å². The molecule has 0 spiro atoms. The lowest BCUT2D eigenvalue weighted by Gasteiger charge is -2.39. The fourth-order valence-electron chi connectivity index (χ4n) is 5.57. The molecular formula is C22H27N3O4. The molecule has 154 valence electrons. The molecule has 0 saturated heterocycles. The number of carbonyl (C=O) groups is 1. The van der Waals surface area contributed by atoms with E-state index in [0.717, 1.165) is 41.7 Å². The summed E-state index contributed by atoms with van der Waals surface area (Å²) in [6.07, 6.45) is 2.49. The van der Waals surface area contributed by atoms with Gasteiger partial charge in [0.25, 0.3) is 0 Å². The number of hydrogen-bond donors (Lipinski definition) is 1. The lowest BCUT2D eigenvalue weighted by molar-refractivity contribution is -0.130. The van der Waals surface area contributed by atoms with Crippen molar-refractivity contribution in [3.8, 4) is 11.5 Å². The number of amides is 1. The molecular weight excluding hydrogens is 370 g/mol. The number of nitrogens with zero attached hydrogens (tertiary/aromatic N) is 2. The van der Waals surface area contributed by atoms with Crippen molar-refractivity contribution in [2.75, 3.05) is 27.1 Å². The summed E-state index contributed by atoms with van der Waals surface area (Å²) in [5.41, 5.74) is 2.13. The van der Waals surface area contributed by atoms with Gasteiger partial charge in [-0.2, -0.15) is 0 Å². The van der Waals surface area contributed by atoms with Crippen LogP contribution in [0.5, 0.6) is 11.5 Å². The Morgan fingerprint density at radius 3 is 2.41 bits per heavy atom. The van der Waals surface area contributed by atoms with Crippen LogP contribution < -0.4 is 14.8 Å². The highest BCUT2D eigenvalue weighted by Gasteiger charge is 2.73. The third kappa shape index (κ3) is 2.19. The number of benzene rings is 1. The van der Waals surface area contributed by atoms with Gasteiger partial charge in [0.15, 0.2) is 11.5 Å². The molecule has 2 heterocycles. The molecule has 1 aromatic carbocycles. The summed E-state index contributed by atoms with van der Waals surface area (Å²) >= 11 is 0. The molecule has 1 amide bonds. The Balaban J connectivity index is 1.63. The summed E-state index contributed by atoms with van der Waals surface area (Å²) in [7, 11) is 1.67. The van der Waals surface area contributed by atoms with Crippen molar-refractivity contribution < 1.29 is 19.0 Å². The highest BCUT2D eigenvalue weighted by Crippen LogP contribution is 2.70. The van der Waals surface area contributed by atoms with E-state index in [1.165, 1.54) is 0 Å². The zero-order chi connectivity index (χ0) is 20.4. The summed E-state index contributed by atoms with van der Waals surface area (Å²) in [6, 6.07) is 3.77. The Morgan fingerprint density at radius 1 is 1.10 bits per heavy atom. The standard InChI is InChI=1S/C22H27N3O4/c1-20(2)21(3)6-7-22(20,19(26)23-8-5-9-27-4)18-17(21)24-13-10-15-16(29-12-28-15)11-14(13)25-18/h10-11H,5-9,12H2,1-4H3,(H,23,26). The van der Waals surface area contributed by atoms with Crippen molar-refractivity contribution in [1.29, 1.82) is 0 Å². The zero-order valence-electron chi connectivity index (χ0n) is 17.4. The van der Waals surface area contributed by atoms with Gasteiger partial charge in [-0.25, -0.2) is 9.97 Å². The predicted octanol–water partition coefficient (Wildman–Crippen LogP) is 2.84. The second-order valence-corrected chi connectivity index (χ2v) is 9.08. The molecule has 2 atom stereocenters. The highest BCUT2D eigenvalue weighted by atomic mass is 16.7. The van der Waals surface area contributed by atoms with Crippen LogP contribution >= 0.6 is 0 Å². The van der Waals surface area contributed by atoms with Crippen molar-refractivity contribution in [2.24, 2.45) is 5.41 Å². The lowest BCUT2D eigenvalue weighted by atomic mass is 9.63. The summed E-state index contributed by atoms with van der Waals surface area (Å²) in [6.45, 7) is 8.04. The van der Waals surface area contributed by atoms with E-state index in [1.807, 2.05) is 12.1 Å². The van der Waals surface area contributed by atoms with Crippen molar-refractivity contribution in [3.63, 3.8) is 0 Å². The first-order valence-electron chi connectivity index (χ1n) is 10.2. The molecule has 7 heteroatoms. The molecule has 1 fully saturated rings. The molecule has 1 aliphatic heterocycles. The average molecular weight is 397 g/mol. The number of ether oxygens (including phenoxy) is 3. The van der Waals surface area contributed by atoms with E-state index in [0.29, 0.717) is 24.7 Å². The maximum Gasteiger partial charge on any atom is 0.232 e. The molecule has 2 aliphatic carbocycles. The minimum absolute atomic E-state index is 0.0514. The minimum atomic E-state index is -0.679. The third-order valence-electron chi connectivity index (χ3n) is 7.73. The fraction of sp³-hybridized carbons (Fsp3) is 0.591. The number of carbonyl (C=O) groups excluding carboxylic acids is 1. The Kier molecular flexibility index (Phi) is 3.88. The van der Waals surface area contributed by atoms with Crippen molar-refractivity contribution in [2.45, 2.75) is 50.9 Å². The Bertz CT molecular complexity index is 1020. The van der Waals surface area contributed by atoms with Crippen LogP contribution in [-0.4, -0.2) is 42.9 Å². The van der Waals surface area contributed by atoms with Gasteiger partial charge in [0.2, 0.25) is 12.7 Å². The topological polar surface area (TPSA) is 82.6 Å². The number of rotatable bonds is 5. The van der Waals surface area contributed by atoms with Crippen LogP contribution in [-0.2, 0) is 20.4 Å². The molecule has 3 aliphatic rings. The average Bonchev–Trinajstić information content (AvgIpc) is 3.27. The summed E-state index contributed by atoms with van der Waals surface area (Å²) < 4.78 is 16.1. The van der Waals surface area contributed by atoms with Gasteiger partial charge in [-0.1, -0.05) is 20.8 Å². The zero-order valence-corrected chi connectivity index (χ0v) is 17.4. The van der Waals surface area contributed by atoms with E-state index in [-0.39, 0.29) is 23.5 Å². The van der Waals surface area contributed by atoms with Crippen molar-refractivity contribution >= 4 is 16.9 Å². The molecule has 1 saturated carbocycles. The molecule has 1 aromatic heterocycles. The largest absolute Gasteiger partial charge is 0.454 e. The number of hydrogen-bond acceptors (Lipinski definition) is 6. The van der Waals surface area contributed by atoms with E-state index in [4.69, 9.17) is 24.2 Å². The van der Waals surface area contributed by atoms with Crippen molar-refractivity contribution in [3.05, 3.63) is 23.5 Å². The summed E-state index contributed by atoms with van der Waals surface area (Å²) in [4.78, 5) is 23.6. The summed E-state index contributed by atoms with van der Waals surface area (Å²) in [5.74, 6) is 1.43. The molecule has 2 bridgehead atoms. The molecule has 7 nitrogen and oxygen atoms in total. The second kappa shape index (κ2) is 6.05. The van der Waals surface area contributed by atoms with E-state index < -0.39 is 5.41 Å². The van der Waals surface area contributed by atoms with Crippen LogP contribution in [0.15, 0.2) is 12.1 Å². The maximum absolute atomic E-state index is 13.6. The van der Waals surface area contributed by atoms with Gasteiger partial charge < -0.3 is 19.5 Å². The smallest absolute Gasteiger partial charge is 0.232 e. The SMILES string of the molecule is COCCCNC(=O)C12CCC(C)(c3nc4cc5c(cc4nc31)OCO5)C2(C)C. The number of aromatic nitrogens is 2. The van der Waals surface area contributed by atoms with Crippen LogP contribution in [0.25, 0.3) is 11.0 Å². The first kappa shape index (κ1) is 18.6. The Morgan fingerprint density at radius 2 is 1.76 bits per heavy atom. The van der Waals surface area contributed by atoms with Gasteiger partial charge in [-0.05, 0) is 24.7 Å². The van der Waals surface area contributed by atoms with Crippen LogP contribution in [0.3, 0.4) is 0 Å².